The number of nitrogens with zero attached hydrogens (tertiary/aromatic N) is 3. The van der Waals surface area contributed by atoms with Crippen LogP contribution in [-0.4, -0.2) is 22.7 Å². The zero-order chi connectivity index (χ0) is 17.9. The topological polar surface area (TPSA) is 48.2 Å². The van der Waals surface area contributed by atoms with Gasteiger partial charge >= 0.3 is 0 Å². The Morgan fingerprint density at radius 2 is 1.62 bits per heavy atom. The van der Waals surface area contributed by atoms with E-state index in [1.807, 2.05) is 72.8 Å². The molecule has 0 saturated heterocycles. The Balaban J connectivity index is 1.96. The molecule has 0 atom stereocenters. The highest BCUT2D eigenvalue weighted by Crippen LogP contribution is 2.17. The van der Waals surface area contributed by atoms with E-state index >= 15 is 0 Å². The molecule has 0 radical (unpaired) electrons. The molecule has 5 heteroatoms. The maximum absolute atomic E-state index is 10.8. The fourth-order valence-corrected chi connectivity index (χ4v) is 3.11. The predicted octanol–water partition coefficient (Wildman–Crippen LogP) is 3.55. The van der Waals surface area contributed by atoms with Gasteiger partial charge in [-0.3, -0.25) is 5.21 Å². The van der Waals surface area contributed by atoms with Gasteiger partial charge in [-0.05, 0) is 30.3 Å². The average molecular weight is 362 g/mol. The number of hydrogen-bond donors (Lipinski definition) is 1. The van der Waals surface area contributed by atoms with E-state index < -0.39 is 0 Å². The molecule has 0 aromatic heterocycles. The molecular weight excluding hydrogens is 346 g/mol. The van der Waals surface area contributed by atoms with Crippen LogP contribution < -0.4 is 10.6 Å². The van der Waals surface area contributed by atoms with E-state index in [0.717, 1.165) is 21.8 Å². The zero-order valence-electron chi connectivity index (χ0n) is 13.9. The van der Waals surface area contributed by atoms with Crippen LogP contribution in [-0.2, 0) is 0 Å². The number of fused-ring (bicyclic) bond motifs is 1. The molecule has 0 bridgehead atoms. The number of amidine groups is 1. The number of para-hydroxylation sites is 1. The summed E-state index contributed by atoms with van der Waals surface area (Å²) in [5.41, 5.74) is 2.33. The summed E-state index contributed by atoms with van der Waals surface area (Å²) in [6.45, 7) is 0.172. The van der Waals surface area contributed by atoms with Gasteiger partial charge in [0, 0.05) is 15.8 Å². The molecule has 4 nitrogen and oxygen atoms in total. The largest absolute Gasteiger partial charge is 0.288 e. The summed E-state index contributed by atoms with van der Waals surface area (Å²) in [5.74, 6) is 0.521. The first-order valence-corrected chi connectivity index (χ1v) is 8.61. The smallest absolute Gasteiger partial charge is 0.151 e. The second kappa shape index (κ2) is 7.12. The maximum atomic E-state index is 10.8. The standard InChI is InChI=1S/C21H16ClN3O/c22-16-11-12-19-18(13-16)21(15-7-3-1-4-8-15)25(26)14-20(24-19)23-17-9-5-2-6-10-17/h1-13,26H,14H2. The zero-order valence-corrected chi connectivity index (χ0v) is 14.6. The molecule has 3 aromatic rings. The van der Waals surface area contributed by atoms with Gasteiger partial charge in [-0.15, -0.1) is 0 Å². The Bertz CT molecular complexity index is 1080. The summed E-state index contributed by atoms with van der Waals surface area (Å²) in [7, 11) is 0. The second-order valence-corrected chi connectivity index (χ2v) is 6.35. The van der Waals surface area contributed by atoms with E-state index in [1.54, 1.807) is 6.07 Å². The molecule has 0 aliphatic carbocycles. The van der Waals surface area contributed by atoms with Gasteiger partial charge in [0.25, 0.3) is 0 Å². The molecule has 0 spiro atoms. The summed E-state index contributed by atoms with van der Waals surface area (Å²) in [4.78, 5) is 9.25. The molecule has 128 valence electrons. The Labute approximate surface area is 156 Å². The van der Waals surface area contributed by atoms with E-state index in [2.05, 4.69) is 9.98 Å². The van der Waals surface area contributed by atoms with Gasteiger partial charge in [0.1, 0.15) is 6.54 Å². The number of aliphatic imine (C=N–C) groups is 1. The third-order valence-electron chi connectivity index (χ3n) is 4.07. The molecule has 1 aliphatic rings. The quantitative estimate of drug-likeness (QED) is 0.758. The Kier molecular flexibility index (Phi) is 4.52. The fraction of sp³-hybridized carbons (Fsp3) is 0.0476. The molecule has 1 aliphatic heterocycles. The van der Waals surface area contributed by atoms with Crippen molar-refractivity contribution in [1.82, 2.24) is 5.06 Å². The van der Waals surface area contributed by atoms with Crippen LogP contribution in [0.5, 0.6) is 0 Å². The van der Waals surface area contributed by atoms with E-state index in [-0.39, 0.29) is 6.54 Å². The van der Waals surface area contributed by atoms with Gasteiger partial charge in [0.15, 0.2) is 5.84 Å². The highest BCUT2D eigenvalue weighted by Gasteiger charge is 2.17. The normalized spacial score (nSPS) is 15.4. The lowest BCUT2D eigenvalue weighted by molar-refractivity contribution is -0.0119. The first kappa shape index (κ1) is 16.5. The molecule has 0 saturated carbocycles. The van der Waals surface area contributed by atoms with E-state index in [9.17, 15) is 5.21 Å². The van der Waals surface area contributed by atoms with Crippen molar-refractivity contribution in [3.8, 4) is 0 Å². The van der Waals surface area contributed by atoms with Gasteiger partial charge < -0.3 is 0 Å². The SMILES string of the molecule is ON1CC(=Nc2ccccc2)N=c2ccc(Cl)cc2=C1c1ccccc1. The number of rotatable bonds is 2. The van der Waals surface area contributed by atoms with Crippen molar-refractivity contribution in [2.45, 2.75) is 0 Å². The Morgan fingerprint density at radius 3 is 2.35 bits per heavy atom. The van der Waals surface area contributed by atoms with Crippen molar-refractivity contribution in [2.75, 3.05) is 6.54 Å². The van der Waals surface area contributed by atoms with Crippen LogP contribution in [0.4, 0.5) is 5.69 Å². The van der Waals surface area contributed by atoms with Crippen LogP contribution in [0.2, 0.25) is 5.02 Å². The highest BCUT2D eigenvalue weighted by molar-refractivity contribution is 6.30. The monoisotopic (exact) mass is 361 g/mol. The minimum Gasteiger partial charge on any atom is -0.288 e. The highest BCUT2D eigenvalue weighted by atomic mass is 35.5. The van der Waals surface area contributed by atoms with Crippen molar-refractivity contribution < 1.29 is 5.21 Å². The molecule has 0 fully saturated rings. The molecular formula is C21H16ClN3O. The third kappa shape index (κ3) is 3.38. The lowest BCUT2D eigenvalue weighted by Gasteiger charge is -2.19. The van der Waals surface area contributed by atoms with Crippen LogP contribution in [0.1, 0.15) is 5.56 Å². The summed E-state index contributed by atoms with van der Waals surface area (Å²) >= 11 is 6.21. The van der Waals surface area contributed by atoms with Crippen LogP contribution >= 0.6 is 11.6 Å². The molecule has 0 amide bonds. The van der Waals surface area contributed by atoms with Gasteiger partial charge in [-0.1, -0.05) is 60.1 Å². The van der Waals surface area contributed by atoms with Crippen molar-refractivity contribution in [3.05, 3.63) is 100 Å². The molecule has 4 rings (SSSR count). The maximum Gasteiger partial charge on any atom is 0.151 e. The lowest BCUT2D eigenvalue weighted by Crippen LogP contribution is -2.31. The minimum atomic E-state index is 0.172. The second-order valence-electron chi connectivity index (χ2n) is 5.91. The van der Waals surface area contributed by atoms with Gasteiger partial charge in [0.2, 0.25) is 0 Å². The van der Waals surface area contributed by atoms with Gasteiger partial charge in [-0.2, -0.15) is 0 Å². The van der Waals surface area contributed by atoms with Crippen molar-refractivity contribution >= 4 is 28.8 Å². The average Bonchev–Trinajstić information content (AvgIpc) is 2.78. The number of halogens is 1. The molecule has 0 unspecified atom stereocenters. The number of benzene rings is 3. The summed E-state index contributed by atoms with van der Waals surface area (Å²) in [5, 5.41) is 14.1. The van der Waals surface area contributed by atoms with Crippen LogP contribution in [0.3, 0.4) is 0 Å². The number of hydrogen-bond acceptors (Lipinski definition) is 3. The Hall–Kier alpha value is -2.95. The molecule has 3 aromatic carbocycles. The van der Waals surface area contributed by atoms with E-state index in [4.69, 9.17) is 11.6 Å². The predicted molar refractivity (Wildman–Crippen MR) is 103 cm³/mol. The number of hydroxylamine groups is 2. The van der Waals surface area contributed by atoms with Crippen LogP contribution in [0.15, 0.2) is 88.8 Å². The van der Waals surface area contributed by atoms with Gasteiger partial charge in [0.05, 0.1) is 16.7 Å². The summed E-state index contributed by atoms with van der Waals surface area (Å²) in [6.07, 6.45) is 0. The fourth-order valence-electron chi connectivity index (χ4n) is 2.93. The van der Waals surface area contributed by atoms with E-state index in [0.29, 0.717) is 16.6 Å². The van der Waals surface area contributed by atoms with Crippen molar-refractivity contribution in [1.29, 1.82) is 0 Å². The lowest BCUT2D eigenvalue weighted by atomic mass is 10.1. The van der Waals surface area contributed by atoms with Crippen molar-refractivity contribution in [3.63, 3.8) is 0 Å². The van der Waals surface area contributed by atoms with Crippen LogP contribution in [0, 0.1) is 0 Å². The minimum absolute atomic E-state index is 0.172. The third-order valence-corrected chi connectivity index (χ3v) is 4.31. The first-order chi connectivity index (χ1) is 12.7. The molecule has 1 N–H and O–H groups in total. The summed E-state index contributed by atoms with van der Waals surface area (Å²) < 4.78 is 0. The van der Waals surface area contributed by atoms with E-state index in [1.165, 1.54) is 5.06 Å². The van der Waals surface area contributed by atoms with Crippen LogP contribution in [0.25, 0.3) is 5.70 Å². The Morgan fingerprint density at radius 1 is 0.923 bits per heavy atom. The first-order valence-electron chi connectivity index (χ1n) is 8.24. The van der Waals surface area contributed by atoms with Gasteiger partial charge in [-0.25, -0.2) is 15.0 Å². The molecule has 26 heavy (non-hydrogen) atoms. The summed E-state index contributed by atoms with van der Waals surface area (Å²) in [6, 6.07) is 24.7. The molecule has 1 heterocycles. The van der Waals surface area contributed by atoms with Crippen molar-refractivity contribution in [2.24, 2.45) is 9.98 Å².